The van der Waals surface area contributed by atoms with Crippen molar-refractivity contribution in [2.75, 3.05) is 78.2 Å². The molecule has 2 aromatic carbocycles. The SMILES string of the molecule is C=C[C@@H]1C[C@]1(NC(=O)[C@@H]1C[C@@H](Oc2cc(-c3csc(NC(C)C)n3)nc3cc(OC)ccc23)CN1C(=O)[C@@H](NC(=O)OC1CCCC1)C(C)(C)C)P(=O)(O)OCC.C=C[C@@H]1C[C@]1(NC(=O)[C@@H]1C[C@@H](Oc2cc(-c3csc(NC(C)C)n3)nc3cc(OC)ccc23)CN1C(=O)[C@@H](NC(=O)OC1CCCC1)C(C)(C)C)P(=O)(OCC)OCOC(=O)OC.COC(=O)OCCl. The molecule has 6 amide bonds. The first kappa shape index (κ1) is 99.5. The molecular weight excluding hydrogens is 1750 g/mol. The molecule has 696 valence electrons. The number of methoxy groups -OCH3 is 4. The average Bonchev–Trinajstić information content (AvgIpc) is 1.54. The quantitative estimate of drug-likeness (QED) is 0.00492. The molecule has 127 heavy (non-hydrogen) atoms. The van der Waals surface area contributed by atoms with E-state index in [-0.39, 0.29) is 82.3 Å². The summed E-state index contributed by atoms with van der Waals surface area (Å²) in [5.74, 6) is -1.40. The van der Waals surface area contributed by atoms with Gasteiger partial charge in [-0.05, 0) is 141 Å². The second-order valence-corrected chi connectivity index (χ2v) is 40.6. The summed E-state index contributed by atoms with van der Waals surface area (Å²) in [4.78, 5) is 140. The maximum atomic E-state index is 14.9. The number of nitrogens with one attached hydrogen (secondary N) is 6. The van der Waals surface area contributed by atoms with Crippen LogP contribution < -0.4 is 50.8 Å². The van der Waals surface area contributed by atoms with Gasteiger partial charge in [-0.15, -0.1) is 35.8 Å². The number of fused-ring (bicyclic) bond motifs is 2. The zero-order chi connectivity index (χ0) is 92.7. The number of amides is 6. The monoisotopic (exact) mass is 1860 g/mol. The van der Waals surface area contributed by atoms with E-state index in [1.165, 1.54) is 51.7 Å². The van der Waals surface area contributed by atoms with Gasteiger partial charge in [-0.1, -0.05) is 65.3 Å². The number of rotatable bonds is 34. The molecule has 0 bridgehead atoms. The Labute approximate surface area is 752 Å². The van der Waals surface area contributed by atoms with Crippen molar-refractivity contribution in [2.24, 2.45) is 22.7 Å². The minimum absolute atomic E-state index is 0.00446. The van der Waals surface area contributed by atoms with Gasteiger partial charge in [0.25, 0.3) is 0 Å². The molecule has 6 fully saturated rings. The Morgan fingerprint density at radius 1 is 0.575 bits per heavy atom. The Kier molecular flexibility index (Phi) is 33.8. The van der Waals surface area contributed by atoms with Crippen molar-refractivity contribution in [1.29, 1.82) is 0 Å². The zero-order valence-electron chi connectivity index (χ0n) is 74.6. The maximum absolute atomic E-state index is 14.9. The second-order valence-electron chi connectivity index (χ2n) is 34.3. The van der Waals surface area contributed by atoms with Gasteiger partial charge in [-0.25, -0.2) is 39.1 Å². The number of benzene rings is 2. The molecule has 6 heterocycles. The van der Waals surface area contributed by atoms with Crippen LogP contribution >= 0.6 is 49.5 Å². The van der Waals surface area contributed by atoms with E-state index in [9.17, 15) is 52.4 Å². The maximum Gasteiger partial charge on any atom is 0.510 e. The highest BCUT2D eigenvalue weighted by Crippen LogP contribution is 2.73. The number of alkyl halides is 1. The fourth-order valence-corrected chi connectivity index (χ4v) is 21.5. The number of nitrogens with zero attached hydrogens (tertiary/aromatic N) is 6. The van der Waals surface area contributed by atoms with Gasteiger partial charge >= 0.3 is 39.7 Å². The van der Waals surface area contributed by atoms with Crippen molar-refractivity contribution in [3.8, 4) is 45.8 Å². The van der Waals surface area contributed by atoms with Crippen molar-refractivity contribution in [3.63, 3.8) is 0 Å². The highest BCUT2D eigenvalue weighted by Gasteiger charge is 2.70. The Balaban J connectivity index is 0.000000247. The highest BCUT2D eigenvalue weighted by atomic mass is 35.5. The number of thiazole rings is 2. The lowest BCUT2D eigenvalue weighted by Crippen LogP contribution is -2.58. The van der Waals surface area contributed by atoms with Gasteiger partial charge < -0.3 is 103 Å². The molecule has 2 unspecified atom stereocenters. The van der Waals surface area contributed by atoms with Crippen LogP contribution in [-0.4, -0.2) is 222 Å². The summed E-state index contributed by atoms with van der Waals surface area (Å²) in [7, 11) is -3.18. The van der Waals surface area contributed by atoms with Crippen LogP contribution in [0.5, 0.6) is 23.0 Å². The van der Waals surface area contributed by atoms with Gasteiger partial charge in [0.2, 0.25) is 30.4 Å². The van der Waals surface area contributed by atoms with Crippen LogP contribution in [0, 0.1) is 22.7 Å². The first-order valence-corrected chi connectivity index (χ1v) is 47.7. The zero-order valence-corrected chi connectivity index (χ0v) is 78.8. The molecule has 36 nitrogen and oxygen atoms in total. The number of hydrogen-bond acceptors (Lipinski definition) is 31. The van der Waals surface area contributed by atoms with Crippen LogP contribution in [0.15, 0.2) is 84.6 Å². The molecule has 12 atom stereocenters. The minimum atomic E-state index is -4.36. The third-order valence-corrected chi connectivity index (χ3v) is 28.8. The van der Waals surface area contributed by atoms with Gasteiger partial charge in [0.1, 0.15) is 93.5 Å². The Hall–Kier alpha value is -9.65. The number of pyridine rings is 2. The highest BCUT2D eigenvalue weighted by molar-refractivity contribution is 7.56. The van der Waals surface area contributed by atoms with E-state index in [1.54, 1.807) is 64.5 Å². The summed E-state index contributed by atoms with van der Waals surface area (Å²) in [5, 5.41) is 21.4. The molecule has 2 aliphatic heterocycles. The molecule has 0 radical (unpaired) electrons. The van der Waals surface area contributed by atoms with Crippen LogP contribution in [-0.2, 0) is 70.3 Å². The molecule has 4 aromatic heterocycles. The van der Waals surface area contributed by atoms with Crippen molar-refractivity contribution >= 4 is 130 Å². The van der Waals surface area contributed by atoms with Crippen LogP contribution in [0.25, 0.3) is 44.6 Å². The van der Waals surface area contributed by atoms with Gasteiger partial charge in [0.05, 0.1) is 77.2 Å². The normalized spacial score (nSPS) is 22.3. The molecule has 0 spiro atoms. The second kappa shape index (κ2) is 43.2. The molecule has 12 rings (SSSR count). The fourth-order valence-electron chi connectivity index (χ4n) is 15.6. The average molecular weight is 1870 g/mol. The summed E-state index contributed by atoms with van der Waals surface area (Å²) >= 11 is 7.85. The number of carbonyl (C=O) groups excluding carboxylic acids is 8. The molecular formula is C86H119ClN12O24P2S2. The van der Waals surface area contributed by atoms with Crippen molar-refractivity contribution in [2.45, 2.75) is 231 Å². The number of likely N-dealkylation sites (tertiary alicyclic amines) is 2. The van der Waals surface area contributed by atoms with E-state index in [4.69, 9.17) is 78.3 Å². The third kappa shape index (κ3) is 24.7. The number of alkyl carbamates (subject to hydrolysis) is 2. The van der Waals surface area contributed by atoms with Gasteiger partial charge in [0, 0.05) is 82.6 Å². The van der Waals surface area contributed by atoms with Crippen LogP contribution in [0.1, 0.15) is 160 Å². The largest absolute Gasteiger partial charge is 0.510 e. The van der Waals surface area contributed by atoms with E-state index in [0.29, 0.717) is 67.6 Å². The molecule has 4 saturated carbocycles. The molecule has 4 aliphatic carbocycles. The number of halogens is 1. The van der Waals surface area contributed by atoms with Crippen molar-refractivity contribution in [3.05, 3.63) is 84.6 Å². The van der Waals surface area contributed by atoms with Crippen LogP contribution in [0.3, 0.4) is 0 Å². The predicted octanol–water partition coefficient (Wildman–Crippen LogP) is 15.4. The smallest absolute Gasteiger partial charge is 0.497 e. The van der Waals surface area contributed by atoms with E-state index >= 15 is 0 Å². The lowest BCUT2D eigenvalue weighted by atomic mass is 9.85. The van der Waals surface area contributed by atoms with Crippen LogP contribution in [0.2, 0.25) is 0 Å². The summed E-state index contributed by atoms with van der Waals surface area (Å²) in [6.07, 6.45) is 4.96. The van der Waals surface area contributed by atoms with E-state index < -0.39 is 140 Å². The van der Waals surface area contributed by atoms with E-state index in [0.717, 1.165) is 68.7 Å². The summed E-state index contributed by atoms with van der Waals surface area (Å²) in [6, 6.07) is 10.1. The minimum Gasteiger partial charge on any atom is -0.497 e. The predicted molar refractivity (Wildman–Crippen MR) is 478 cm³/mol. The van der Waals surface area contributed by atoms with Crippen LogP contribution in [0.4, 0.5) is 29.4 Å². The van der Waals surface area contributed by atoms with E-state index in [1.807, 2.05) is 92.1 Å². The molecule has 2 saturated heterocycles. The standard InChI is InChI=1S/C43H59N6O12PS.C40H55N6O9PS.C3H5ClO3/c1-10-26-21-43(26,62(54,58-11-2)59-24-57-41(53)56-9)48-37(50)34-19-29(22-49(34)38(51)36(42(5,6)7)47-40(52)61-27-14-12-13-15-27)60-35-20-32(33-23-63-39(46-33)44-25(3)4)45-31-18-28(55-8)16-17-30(31)35;1-9-24-20-40(24,56(50,51)53-10-2)45-35(47)32-18-27(21-46(32)36(48)34(39(5,6)7)44-38(49)55-25-13-11-12-14-25)54-33-19-30(31-22-57-37(43-31)41-23(3)4)42-29-17-26(52-8)15-16-28(29)33;1-6-3(5)7-2-4/h10,16-18,20,23,25-27,29,34,36H,1,11-15,19,21-22,24H2,2-9H3,(H,44,46)(H,47,52)(H,48,50);9,15-17,19,22-25,27,32,34H,1,10-14,18,20-21H2,2-8H3,(H,41,43)(H,44,49)(H,45,47)(H,50,51);2H2,1H3/t26-,29-,34+,36-,43+,62?;24-,27-,32+,34-,40+;/m11./s1. The number of aromatic nitrogens is 4. The number of carbonyl (C=O) groups is 8. The summed E-state index contributed by atoms with van der Waals surface area (Å²) < 4.78 is 98.1. The van der Waals surface area contributed by atoms with Gasteiger partial charge in [-0.2, -0.15) is 0 Å². The number of hydrogen-bond donors (Lipinski definition) is 7. The molecule has 6 aromatic rings. The Morgan fingerprint density at radius 2 is 0.984 bits per heavy atom. The molecule has 6 aliphatic rings. The summed E-state index contributed by atoms with van der Waals surface area (Å²) in [5.41, 5.74) is 1.87. The Bertz CT molecular complexity index is 5020. The summed E-state index contributed by atoms with van der Waals surface area (Å²) in [6.45, 7) is 28.9. The Morgan fingerprint density at radius 3 is 1.35 bits per heavy atom. The topological polar surface area (TPSA) is 441 Å². The first-order chi connectivity index (χ1) is 60.2. The van der Waals surface area contributed by atoms with Gasteiger partial charge in [0.15, 0.2) is 16.3 Å². The lowest BCUT2D eigenvalue weighted by Gasteiger charge is -2.36. The number of ether oxygens (including phenoxy) is 10. The fraction of sp³-hybridized carbons (Fsp3) is 0.581. The van der Waals surface area contributed by atoms with E-state index in [2.05, 4.69) is 59.3 Å². The van der Waals surface area contributed by atoms with Crippen molar-refractivity contribution in [1.82, 2.24) is 51.0 Å². The van der Waals surface area contributed by atoms with Crippen molar-refractivity contribution < 1.29 is 113 Å². The molecule has 41 heteroatoms. The third-order valence-electron chi connectivity index (χ3n) is 22.2. The van der Waals surface area contributed by atoms with Gasteiger partial charge in [-0.3, -0.25) is 32.8 Å². The number of anilines is 2. The molecule has 7 N–H and O–H groups in total. The lowest BCUT2D eigenvalue weighted by molar-refractivity contribution is -0.142. The first-order valence-electron chi connectivity index (χ1n) is 42.3.